The van der Waals surface area contributed by atoms with Crippen LogP contribution in [0.4, 0.5) is 0 Å². The SMILES string of the molecule is CCNC(=O)CCNS(=O)(=O)c1ccc(C(C)N)cc1. The third-order valence-electron chi connectivity index (χ3n) is 2.73. The summed E-state index contributed by atoms with van der Waals surface area (Å²) in [5.74, 6) is -0.178. The van der Waals surface area contributed by atoms with Gasteiger partial charge in [0.15, 0.2) is 0 Å². The first-order valence-electron chi connectivity index (χ1n) is 6.48. The van der Waals surface area contributed by atoms with E-state index in [9.17, 15) is 13.2 Å². The van der Waals surface area contributed by atoms with Gasteiger partial charge in [-0.05, 0) is 31.5 Å². The van der Waals surface area contributed by atoms with Crippen molar-refractivity contribution in [2.24, 2.45) is 5.73 Å². The number of sulfonamides is 1. The summed E-state index contributed by atoms with van der Waals surface area (Å²) in [6.07, 6.45) is 0.116. The van der Waals surface area contributed by atoms with Crippen molar-refractivity contribution >= 4 is 15.9 Å². The molecule has 112 valence electrons. The van der Waals surface area contributed by atoms with Gasteiger partial charge < -0.3 is 11.1 Å². The number of carbonyl (C=O) groups is 1. The Labute approximate surface area is 119 Å². The molecule has 0 bridgehead atoms. The molecule has 1 amide bonds. The molecule has 0 saturated heterocycles. The number of nitrogens with one attached hydrogen (secondary N) is 2. The Bertz CT molecular complexity index is 538. The van der Waals surface area contributed by atoms with E-state index < -0.39 is 10.0 Å². The van der Waals surface area contributed by atoms with Gasteiger partial charge in [-0.2, -0.15) is 0 Å². The first-order chi connectivity index (χ1) is 9.36. The zero-order valence-electron chi connectivity index (χ0n) is 11.7. The Morgan fingerprint density at radius 2 is 1.90 bits per heavy atom. The van der Waals surface area contributed by atoms with Crippen molar-refractivity contribution in [3.63, 3.8) is 0 Å². The lowest BCUT2D eigenvalue weighted by atomic mass is 10.1. The number of nitrogens with two attached hydrogens (primary N) is 1. The summed E-state index contributed by atoms with van der Waals surface area (Å²) < 4.78 is 26.4. The molecule has 0 radical (unpaired) electrons. The molecule has 0 heterocycles. The first-order valence-corrected chi connectivity index (χ1v) is 7.97. The summed E-state index contributed by atoms with van der Waals surface area (Å²) >= 11 is 0. The van der Waals surface area contributed by atoms with E-state index in [1.807, 2.05) is 13.8 Å². The van der Waals surface area contributed by atoms with Crippen LogP contribution in [0.3, 0.4) is 0 Å². The maximum atomic E-state index is 12.0. The van der Waals surface area contributed by atoms with Crippen molar-refractivity contribution in [3.8, 4) is 0 Å². The molecule has 0 aliphatic carbocycles. The van der Waals surface area contributed by atoms with Crippen molar-refractivity contribution in [2.75, 3.05) is 13.1 Å². The zero-order chi connectivity index (χ0) is 15.2. The molecule has 0 saturated carbocycles. The fourth-order valence-electron chi connectivity index (χ4n) is 1.62. The Kier molecular flexibility index (Phi) is 6.12. The highest BCUT2D eigenvalue weighted by Crippen LogP contribution is 2.14. The Morgan fingerprint density at radius 3 is 2.40 bits per heavy atom. The summed E-state index contributed by atoms with van der Waals surface area (Å²) in [4.78, 5) is 11.4. The maximum Gasteiger partial charge on any atom is 0.240 e. The highest BCUT2D eigenvalue weighted by Gasteiger charge is 2.14. The normalized spacial score (nSPS) is 12.9. The molecule has 0 fully saturated rings. The predicted octanol–water partition coefficient (Wildman–Crippen LogP) is 0.511. The van der Waals surface area contributed by atoms with Gasteiger partial charge in [0.05, 0.1) is 4.90 Å². The van der Waals surface area contributed by atoms with Crippen LogP contribution in [-0.4, -0.2) is 27.4 Å². The summed E-state index contributed by atoms with van der Waals surface area (Å²) in [5.41, 5.74) is 6.57. The van der Waals surface area contributed by atoms with Crippen molar-refractivity contribution in [2.45, 2.75) is 31.2 Å². The Morgan fingerprint density at radius 1 is 1.30 bits per heavy atom. The lowest BCUT2D eigenvalue weighted by Gasteiger charge is -2.09. The third-order valence-corrected chi connectivity index (χ3v) is 4.21. The maximum absolute atomic E-state index is 12.0. The summed E-state index contributed by atoms with van der Waals surface area (Å²) in [6, 6.07) is 6.24. The predicted molar refractivity (Wildman–Crippen MR) is 77.5 cm³/mol. The lowest BCUT2D eigenvalue weighted by molar-refractivity contribution is -0.120. The van der Waals surface area contributed by atoms with Gasteiger partial charge >= 0.3 is 0 Å². The molecule has 20 heavy (non-hydrogen) atoms. The van der Waals surface area contributed by atoms with E-state index in [1.54, 1.807) is 12.1 Å². The number of benzene rings is 1. The van der Waals surface area contributed by atoms with Crippen LogP contribution in [0, 0.1) is 0 Å². The van der Waals surface area contributed by atoms with Crippen LogP contribution in [0.5, 0.6) is 0 Å². The largest absolute Gasteiger partial charge is 0.356 e. The monoisotopic (exact) mass is 299 g/mol. The van der Waals surface area contributed by atoms with Crippen LogP contribution in [0.15, 0.2) is 29.2 Å². The van der Waals surface area contributed by atoms with E-state index in [2.05, 4.69) is 10.0 Å². The van der Waals surface area contributed by atoms with Crippen LogP contribution in [-0.2, 0) is 14.8 Å². The fourth-order valence-corrected chi connectivity index (χ4v) is 2.65. The number of amides is 1. The molecule has 1 atom stereocenters. The third kappa shape index (κ3) is 4.92. The van der Waals surface area contributed by atoms with Crippen molar-refractivity contribution in [1.29, 1.82) is 0 Å². The van der Waals surface area contributed by atoms with Gasteiger partial charge in [-0.1, -0.05) is 12.1 Å². The second-order valence-electron chi connectivity index (χ2n) is 4.46. The number of hydrogen-bond acceptors (Lipinski definition) is 4. The topological polar surface area (TPSA) is 101 Å². The van der Waals surface area contributed by atoms with Gasteiger partial charge in [0.1, 0.15) is 0 Å². The second-order valence-corrected chi connectivity index (χ2v) is 6.23. The quantitative estimate of drug-likeness (QED) is 0.683. The van der Waals surface area contributed by atoms with E-state index in [-0.39, 0.29) is 29.8 Å². The van der Waals surface area contributed by atoms with E-state index in [0.717, 1.165) is 5.56 Å². The van der Waals surface area contributed by atoms with Crippen LogP contribution < -0.4 is 15.8 Å². The summed E-state index contributed by atoms with van der Waals surface area (Å²) in [5, 5.41) is 2.60. The van der Waals surface area contributed by atoms with Crippen LogP contribution in [0.25, 0.3) is 0 Å². The first kappa shape index (κ1) is 16.6. The molecule has 1 aromatic rings. The van der Waals surface area contributed by atoms with Crippen molar-refractivity contribution < 1.29 is 13.2 Å². The molecule has 1 aromatic carbocycles. The molecule has 6 nitrogen and oxygen atoms in total. The standard InChI is InChI=1S/C13H21N3O3S/c1-3-15-13(17)8-9-16-20(18,19)12-6-4-11(5-7-12)10(2)14/h4-7,10,16H,3,8-9,14H2,1-2H3,(H,15,17). The Hall–Kier alpha value is -1.44. The van der Waals surface area contributed by atoms with Crippen LogP contribution in [0.2, 0.25) is 0 Å². The summed E-state index contributed by atoms with van der Waals surface area (Å²) in [6.45, 7) is 4.24. The molecule has 4 N–H and O–H groups in total. The zero-order valence-corrected chi connectivity index (χ0v) is 12.5. The van der Waals surface area contributed by atoms with Crippen molar-refractivity contribution in [3.05, 3.63) is 29.8 Å². The molecule has 1 rings (SSSR count). The van der Waals surface area contributed by atoms with Gasteiger partial charge in [0, 0.05) is 25.6 Å². The summed E-state index contributed by atoms with van der Waals surface area (Å²) in [7, 11) is -3.58. The average molecular weight is 299 g/mol. The lowest BCUT2D eigenvalue weighted by Crippen LogP contribution is -2.30. The number of hydrogen-bond donors (Lipinski definition) is 3. The van der Waals surface area contributed by atoms with Crippen molar-refractivity contribution in [1.82, 2.24) is 10.0 Å². The minimum atomic E-state index is -3.58. The smallest absolute Gasteiger partial charge is 0.240 e. The molecule has 7 heteroatoms. The molecular weight excluding hydrogens is 278 g/mol. The van der Waals surface area contributed by atoms with E-state index >= 15 is 0 Å². The molecule has 0 spiro atoms. The van der Waals surface area contributed by atoms with Crippen LogP contribution >= 0.6 is 0 Å². The van der Waals surface area contributed by atoms with Gasteiger partial charge in [0.2, 0.25) is 15.9 Å². The average Bonchev–Trinajstić information content (AvgIpc) is 2.39. The highest BCUT2D eigenvalue weighted by atomic mass is 32.2. The van der Waals surface area contributed by atoms with Gasteiger partial charge in [0.25, 0.3) is 0 Å². The van der Waals surface area contributed by atoms with Gasteiger partial charge in [-0.3, -0.25) is 4.79 Å². The molecule has 0 aromatic heterocycles. The molecule has 1 unspecified atom stereocenters. The van der Waals surface area contributed by atoms with Gasteiger partial charge in [-0.15, -0.1) is 0 Å². The van der Waals surface area contributed by atoms with E-state index in [1.165, 1.54) is 12.1 Å². The minimum absolute atomic E-state index is 0.0726. The Balaban J connectivity index is 2.62. The van der Waals surface area contributed by atoms with E-state index in [0.29, 0.717) is 6.54 Å². The van der Waals surface area contributed by atoms with Crippen LogP contribution in [0.1, 0.15) is 31.9 Å². The minimum Gasteiger partial charge on any atom is -0.356 e. The second kappa shape index (κ2) is 7.37. The number of rotatable bonds is 7. The molecule has 0 aliphatic heterocycles. The number of carbonyl (C=O) groups excluding carboxylic acids is 1. The molecule has 0 aliphatic rings. The molecular formula is C13H21N3O3S. The van der Waals surface area contributed by atoms with Gasteiger partial charge in [-0.25, -0.2) is 13.1 Å². The highest BCUT2D eigenvalue weighted by molar-refractivity contribution is 7.89. The fraction of sp³-hybridized carbons (Fsp3) is 0.462. The van der Waals surface area contributed by atoms with E-state index in [4.69, 9.17) is 5.73 Å².